The smallest absolute Gasteiger partial charge is 0.187 e. The second kappa shape index (κ2) is 5.80. The predicted octanol–water partition coefficient (Wildman–Crippen LogP) is 2.38. The summed E-state index contributed by atoms with van der Waals surface area (Å²) in [5.41, 5.74) is 14.8. The molecule has 0 amide bonds. The fraction of sp³-hybridized carbons (Fsp3) is 0.611. The molecule has 1 heterocycles. The molecule has 0 radical (unpaired) electrons. The van der Waals surface area contributed by atoms with E-state index in [9.17, 15) is 0 Å². The largest absolute Gasteiger partial charge is 0.365 e. The second-order valence-corrected chi connectivity index (χ2v) is 7.94. The molecule has 1 fully saturated rings. The number of benzene rings is 1. The lowest BCUT2D eigenvalue weighted by molar-refractivity contribution is 0.222. The Hall–Kier alpha value is -1.59. The van der Waals surface area contributed by atoms with Crippen molar-refractivity contribution >= 4 is 11.5 Å². The zero-order valence-electron chi connectivity index (χ0n) is 14.4. The van der Waals surface area contributed by atoms with Gasteiger partial charge in [-0.05, 0) is 58.6 Å². The standard InChI is InChI=1S/C18H29N5/c1-17(2,3)22-16-14-6-4-5-7-15(14)21-18(20,23-16)12-8-10-13(19)11-9-12/h4-7,12-13,21H,8-11,19-20H2,1-3H3,(H,22,23). The Morgan fingerprint density at radius 2 is 1.83 bits per heavy atom. The molecule has 1 unspecified atom stereocenters. The van der Waals surface area contributed by atoms with Crippen LogP contribution in [0.5, 0.6) is 0 Å². The summed E-state index contributed by atoms with van der Waals surface area (Å²) in [6.45, 7) is 6.41. The van der Waals surface area contributed by atoms with Crippen molar-refractivity contribution in [3.8, 4) is 0 Å². The zero-order valence-corrected chi connectivity index (χ0v) is 14.4. The van der Waals surface area contributed by atoms with E-state index in [1.807, 2.05) is 12.1 Å². The van der Waals surface area contributed by atoms with E-state index < -0.39 is 5.79 Å². The first-order chi connectivity index (χ1) is 10.8. The third-order valence-electron chi connectivity index (χ3n) is 4.70. The minimum atomic E-state index is -0.762. The van der Waals surface area contributed by atoms with Gasteiger partial charge in [-0.25, -0.2) is 4.99 Å². The highest BCUT2D eigenvalue weighted by atomic mass is 15.3. The maximum Gasteiger partial charge on any atom is 0.187 e. The molecule has 5 heteroatoms. The number of amidine groups is 1. The Balaban J connectivity index is 1.95. The number of fused-ring (bicyclic) bond motifs is 1. The lowest BCUT2D eigenvalue weighted by Crippen LogP contribution is -2.58. The highest BCUT2D eigenvalue weighted by Gasteiger charge is 2.40. The summed E-state index contributed by atoms with van der Waals surface area (Å²) in [7, 11) is 0. The molecule has 6 N–H and O–H groups in total. The minimum absolute atomic E-state index is 0.0703. The van der Waals surface area contributed by atoms with Gasteiger partial charge in [0.05, 0.1) is 0 Å². The van der Waals surface area contributed by atoms with Gasteiger partial charge >= 0.3 is 0 Å². The molecule has 126 valence electrons. The quantitative estimate of drug-likeness (QED) is 0.640. The Labute approximate surface area is 138 Å². The number of anilines is 1. The molecule has 3 rings (SSSR count). The van der Waals surface area contributed by atoms with Crippen molar-refractivity contribution in [1.29, 1.82) is 0 Å². The summed E-state index contributed by atoms with van der Waals surface area (Å²) in [4.78, 5) is 4.92. The zero-order chi connectivity index (χ0) is 16.7. The van der Waals surface area contributed by atoms with Gasteiger partial charge in [0, 0.05) is 28.7 Å². The Bertz CT molecular complexity index is 596. The van der Waals surface area contributed by atoms with E-state index in [0.29, 0.717) is 12.0 Å². The van der Waals surface area contributed by atoms with Crippen LogP contribution >= 0.6 is 0 Å². The highest BCUT2D eigenvalue weighted by Crippen LogP contribution is 2.36. The van der Waals surface area contributed by atoms with Gasteiger partial charge in [-0.1, -0.05) is 12.1 Å². The average molecular weight is 315 g/mol. The van der Waals surface area contributed by atoms with E-state index in [0.717, 1.165) is 42.8 Å². The fourth-order valence-electron chi connectivity index (χ4n) is 3.49. The maximum absolute atomic E-state index is 6.72. The Morgan fingerprint density at radius 1 is 1.17 bits per heavy atom. The first-order valence-electron chi connectivity index (χ1n) is 8.57. The van der Waals surface area contributed by atoms with Gasteiger partial charge in [0.1, 0.15) is 5.84 Å². The van der Waals surface area contributed by atoms with Crippen molar-refractivity contribution in [2.24, 2.45) is 22.4 Å². The Morgan fingerprint density at radius 3 is 2.48 bits per heavy atom. The lowest BCUT2D eigenvalue weighted by atomic mass is 9.81. The predicted molar refractivity (Wildman–Crippen MR) is 96.3 cm³/mol. The van der Waals surface area contributed by atoms with Crippen molar-refractivity contribution in [3.63, 3.8) is 0 Å². The Kier molecular flexibility index (Phi) is 4.10. The molecule has 1 aromatic carbocycles. The molecule has 1 atom stereocenters. The molecule has 0 saturated heterocycles. The van der Waals surface area contributed by atoms with E-state index in [1.165, 1.54) is 0 Å². The number of hydrogen-bond acceptors (Lipinski definition) is 5. The van der Waals surface area contributed by atoms with Gasteiger partial charge in [-0.3, -0.25) is 5.73 Å². The number of nitrogens with one attached hydrogen (secondary N) is 2. The van der Waals surface area contributed by atoms with Crippen molar-refractivity contribution in [2.45, 2.75) is 63.8 Å². The first-order valence-corrected chi connectivity index (χ1v) is 8.57. The summed E-state index contributed by atoms with van der Waals surface area (Å²) < 4.78 is 0. The van der Waals surface area contributed by atoms with Gasteiger partial charge in [-0.15, -0.1) is 0 Å². The van der Waals surface area contributed by atoms with Crippen LogP contribution in [-0.4, -0.2) is 23.2 Å². The topological polar surface area (TPSA) is 88.5 Å². The SMILES string of the molecule is CC(C)(C)NC1=NC(N)(C2CCC(N)CC2)Nc2ccccc21. The van der Waals surface area contributed by atoms with E-state index in [1.54, 1.807) is 0 Å². The summed E-state index contributed by atoms with van der Waals surface area (Å²) >= 11 is 0. The van der Waals surface area contributed by atoms with Gasteiger partial charge in [0.15, 0.2) is 5.79 Å². The molecule has 0 bridgehead atoms. The summed E-state index contributed by atoms with van der Waals surface area (Å²) in [6, 6.07) is 8.52. The fourth-order valence-corrected chi connectivity index (χ4v) is 3.49. The first kappa shape index (κ1) is 16.3. The molecule has 1 aromatic rings. The van der Waals surface area contributed by atoms with Gasteiger partial charge in [0.2, 0.25) is 0 Å². The maximum atomic E-state index is 6.72. The highest BCUT2D eigenvalue weighted by molar-refractivity contribution is 6.05. The molecule has 23 heavy (non-hydrogen) atoms. The molecule has 1 aliphatic carbocycles. The second-order valence-electron chi connectivity index (χ2n) is 7.94. The average Bonchev–Trinajstić information content (AvgIpc) is 2.46. The third kappa shape index (κ3) is 3.51. The van der Waals surface area contributed by atoms with Gasteiger partial charge in [-0.2, -0.15) is 0 Å². The molecule has 0 spiro atoms. The summed E-state index contributed by atoms with van der Waals surface area (Å²) in [5, 5.41) is 7.01. The normalized spacial score (nSPS) is 30.9. The van der Waals surface area contributed by atoms with Gasteiger partial charge < -0.3 is 16.4 Å². The van der Waals surface area contributed by atoms with Crippen molar-refractivity contribution in [3.05, 3.63) is 29.8 Å². The molecule has 1 saturated carbocycles. The number of hydrogen-bond donors (Lipinski definition) is 4. The van der Waals surface area contributed by atoms with Crippen LogP contribution in [-0.2, 0) is 0 Å². The van der Waals surface area contributed by atoms with Crippen LogP contribution in [0, 0.1) is 5.92 Å². The minimum Gasteiger partial charge on any atom is -0.365 e. The van der Waals surface area contributed by atoms with Crippen molar-refractivity contribution in [2.75, 3.05) is 5.32 Å². The van der Waals surface area contributed by atoms with Crippen LogP contribution in [0.1, 0.15) is 52.0 Å². The van der Waals surface area contributed by atoms with Crippen LogP contribution in [0.3, 0.4) is 0 Å². The van der Waals surface area contributed by atoms with Crippen LogP contribution in [0.25, 0.3) is 0 Å². The van der Waals surface area contributed by atoms with Crippen LogP contribution in [0.4, 0.5) is 5.69 Å². The molecular weight excluding hydrogens is 286 g/mol. The van der Waals surface area contributed by atoms with Crippen molar-refractivity contribution in [1.82, 2.24) is 5.32 Å². The summed E-state index contributed by atoms with van der Waals surface area (Å²) in [6.07, 6.45) is 4.06. The summed E-state index contributed by atoms with van der Waals surface area (Å²) in [5.74, 6) is 0.416. The molecule has 1 aliphatic heterocycles. The van der Waals surface area contributed by atoms with E-state index >= 15 is 0 Å². The number of aliphatic imine (C=N–C) groups is 1. The molecule has 2 aliphatic rings. The third-order valence-corrected chi connectivity index (χ3v) is 4.70. The van der Waals surface area contributed by atoms with Crippen LogP contribution < -0.4 is 22.1 Å². The van der Waals surface area contributed by atoms with Crippen LogP contribution in [0.15, 0.2) is 29.3 Å². The number of para-hydroxylation sites is 1. The lowest BCUT2D eigenvalue weighted by Gasteiger charge is -2.42. The van der Waals surface area contributed by atoms with Crippen LogP contribution in [0.2, 0.25) is 0 Å². The molecular formula is C18H29N5. The van der Waals surface area contributed by atoms with Gasteiger partial charge in [0.25, 0.3) is 0 Å². The van der Waals surface area contributed by atoms with E-state index in [2.05, 4.69) is 43.5 Å². The van der Waals surface area contributed by atoms with E-state index in [-0.39, 0.29) is 5.54 Å². The number of nitrogens with two attached hydrogens (primary N) is 2. The monoisotopic (exact) mass is 315 g/mol. The van der Waals surface area contributed by atoms with Crippen molar-refractivity contribution < 1.29 is 0 Å². The number of rotatable bonds is 1. The molecule has 0 aromatic heterocycles. The molecule has 5 nitrogen and oxygen atoms in total. The number of nitrogens with zero attached hydrogens (tertiary/aromatic N) is 1. The van der Waals surface area contributed by atoms with E-state index in [4.69, 9.17) is 16.5 Å².